The fraction of sp³-hybridized carbons (Fsp3) is 0.625. The van der Waals surface area contributed by atoms with Crippen LogP contribution in [0.3, 0.4) is 0 Å². The maximum absolute atomic E-state index is 5.75. The molecule has 1 saturated carbocycles. The van der Waals surface area contributed by atoms with Gasteiger partial charge in [-0.25, -0.2) is 0 Å². The Balaban J connectivity index is 1.69. The van der Waals surface area contributed by atoms with Gasteiger partial charge in [0.2, 0.25) is 0 Å². The lowest BCUT2D eigenvalue weighted by Crippen LogP contribution is -2.42. The minimum Gasteiger partial charge on any atom is -0.492 e. The van der Waals surface area contributed by atoms with Gasteiger partial charge in [-0.15, -0.1) is 0 Å². The Hall–Kier alpha value is -0.540. The monoisotopic (exact) mass is 325 g/mol. The van der Waals surface area contributed by atoms with Gasteiger partial charge in [0.25, 0.3) is 0 Å². The molecule has 0 heterocycles. The van der Waals surface area contributed by atoms with Crippen LogP contribution in [-0.4, -0.2) is 19.2 Å². The minimum absolute atomic E-state index is 0.662. The highest BCUT2D eigenvalue weighted by Crippen LogP contribution is 2.29. The second-order valence-electron chi connectivity index (χ2n) is 5.63. The van der Waals surface area contributed by atoms with Crippen molar-refractivity contribution in [3.63, 3.8) is 0 Å². The van der Waals surface area contributed by atoms with Crippen molar-refractivity contribution >= 4 is 15.9 Å². The van der Waals surface area contributed by atoms with Crippen LogP contribution in [0.2, 0.25) is 0 Å². The lowest BCUT2D eigenvalue weighted by atomic mass is 9.78. The van der Waals surface area contributed by atoms with Gasteiger partial charge in [0.15, 0.2) is 0 Å². The molecule has 0 amide bonds. The van der Waals surface area contributed by atoms with Crippen LogP contribution in [0.25, 0.3) is 0 Å². The zero-order valence-corrected chi connectivity index (χ0v) is 13.4. The van der Waals surface area contributed by atoms with Gasteiger partial charge >= 0.3 is 0 Å². The van der Waals surface area contributed by atoms with Gasteiger partial charge in [0.05, 0.1) is 0 Å². The zero-order chi connectivity index (χ0) is 13.7. The van der Waals surface area contributed by atoms with Crippen LogP contribution in [0.5, 0.6) is 5.75 Å². The maximum Gasteiger partial charge on any atom is 0.120 e. The molecule has 3 heteroatoms. The van der Waals surface area contributed by atoms with E-state index >= 15 is 0 Å². The summed E-state index contributed by atoms with van der Waals surface area (Å²) in [7, 11) is 0. The summed E-state index contributed by atoms with van der Waals surface area (Å²) < 4.78 is 6.81. The number of ether oxygens (including phenoxy) is 1. The molecule has 1 aliphatic rings. The highest BCUT2D eigenvalue weighted by atomic mass is 79.9. The molecule has 0 spiro atoms. The van der Waals surface area contributed by atoms with E-state index < -0.39 is 0 Å². The van der Waals surface area contributed by atoms with Crippen molar-refractivity contribution in [2.75, 3.05) is 13.2 Å². The second-order valence-corrected chi connectivity index (χ2v) is 6.55. The van der Waals surface area contributed by atoms with E-state index in [1.807, 2.05) is 24.3 Å². The maximum atomic E-state index is 5.75. The van der Waals surface area contributed by atoms with E-state index in [0.29, 0.717) is 6.04 Å². The van der Waals surface area contributed by atoms with Gasteiger partial charge in [0, 0.05) is 17.1 Å². The van der Waals surface area contributed by atoms with E-state index in [0.717, 1.165) is 35.2 Å². The first kappa shape index (κ1) is 14.9. The minimum atomic E-state index is 0.662. The van der Waals surface area contributed by atoms with Crippen molar-refractivity contribution in [2.24, 2.45) is 11.8 Å². The third kappa shape index (κ3) is 4.50. The average molecular weight is 326 g/mol. The van der Waals surface area contributed by atoms with E-state index in [1.54, 1.807) is 0 Å². The van der Waals surface area contributed by atoms with Gasteiger partial charge in [-0.2, -0.15) is 0 Å². The SMILES string of the molecule is CC1CCCC(NCCOc2cccc(Br)c2)C1C. The lowest BCUT2D eigenvalue weighted by molar-refractivity contribution is 0.197. The standard InChI is InChI=1S/C16H24BrNO/c1-12-5-3-8-16(13(12)2)18-9-10-19-15-7-4-6-14(17)11-15/h4,6-7,11-13,16,18H,3,5,8-10H2,1-2H3. The summed E-state index contributed by atoms with van der Waals surface area (Å²) in [5.41, 5.74) is 0. The molecule has 3 atom stereocenters. The molecule has 0 radical (unpaired) electrons. The normalized spacial score (nSPS) is 27.2. The number of rotatable bonds is 5. The highest BCUT2D eigenvalue weighted by Gasteiger charge is 2.26. The van der Waals surface area contributed by atoms with Crippen LogP contribution < -0.4 is 10.1 Å². The predicted molar refractivity (Wildman–Crippen MR) is 83.6 cm³/mol. The zero-order valence-electron chi connectivity index (χ0n) is 11.9. The molecule has 3 unspecified atom stereocenters. The first-order chi connectivity index (χ1) is 9.16. The molecule has 2 nitrogen and oxygen atoms in total. The number of nitrogens with one attached hydrogen (secondary N) is 1. The number of hydrogen-bond acceptors (Lipinski definition) is 2. The molecular weight excluding hydrogens is 302 g/mol. The van der Waals surface area contributed by atoms with Crippen molar-refractivity contribution in [3.05, 3.63) is 28.7 Å². The first-order valence-corrected chi connectivity index (χ1v) is 8.08. The summed E-state index contributed by atoms with van der Waals surface area (Å²) in [5, 5.41) is 3.65. The fourth-order valence-electron chi connectivity index (χ4n) is 2.84. The number of halogens is 1. The molecule has 1 aromatic carbocycles. The Morgan fingerprint density at radius 1 is 1.32 bits per heavy atom. The third-order valence-corrected chi connectivity index (χ3v) is 4.77. The molecular formula is C16H24BrNO. The molecule has 1 fully saturated rings. The summed E-state index contributed by atoms with van der Waals surface area (Å²) in [6, 6.07) is 8.67. The van der Waals surface area contributed by atoms with E-state index in [4.69, 9.17) is 4.74 Å². The van der Waals surface area contributed by atoms with E-state index in [1.165, 1.54) is 19.3 Å². The summed E-state index contributed by atoms with van der Waals surface area (Å²) in [4.78, 5) is 0. The smallest absolute Gasteiger partial charge is 0.120 e. The largest absolute Gasteiger partial charge is 0.492 e. The van der Waals surface area contributed by atoms with Gasteiger partial charge in [-0.05, 0) is 36.5 Å². The molecule has 106 valence electrons. The number of benzene rings is 1. The van der Waals surface area contributed by atoms with Gasteiger partial charge in [0.1, 0.15) is 12.4 Å². The Kier molecular flexibility index (Phi) is 5.71. The van der Waals surface area contributed by atoms with Crippen LogP contribution in [0.1, 0.15) is 33.1 Å². The molecule has 0 saturated heterocycles. The van der Waals surface area contributed by atoms with Crippen molar-refractivity contribution < 1.29 is 4.74 Å². The van der Waals surface area contributed by atoms with Gasteiger partial charge < -0.3 is 10.1 Å². The van der Waals surface area contributed by atoms with Crippen LogP contribution in [0.4, 0.5) is 0 Å². The number of hydrogen-bond donors (Lipinski definition) is 1. The Morgan fingerprint density at radius 3 is 2.95 bits per heavy atom. The highest BCUT2D eigenvalue weighted by molar-refractivity contribution is 9.10. The van der Waals surface area contributed by atoms with Crippen LogP contribution >= 0.6 is 15.9 Å². The molecule has 19 heavy (non-hydrogen) atoms. The second kappa shape index (κ2) is 7.30. The van der Waals surface area contributed by atoms with Crippen molar-refractivity contribution in [1.29, 1.82) is 0 Å². The van der Waals surface area contributed by atoms with E-state index in [9.17, 15) is 0 Å². The van der Waals surface area contributed by atoms with Crippen molar-refractivity contribution in [1.82, 2.24) is 5.32 Å². The van der Waals surface area contributed by atoms with Crippen LogP contribution in [0.15, 0.2) is 28.7 Å². The summed E-state index contributed by atoms with van der Waals surface area (Å²) in [6.07, 6.45) is 4.05. The summed E-state index contributed by atoms with van der Waals surface area (Å²) >= 11 is 3.45. The molecule has 0 aliphatic heterocycles. The molecule has 1 aromatic rings. The van der Waals surface area contributed by atoms with Crippen molar-refractivity contribution in [3.8, 4) is 5.75 Å². The van der Waals surface area contributed by atoms with E-state index in [-0.39, 0.29) is 0 Å². The summed E-state index contributed by atoms with van der Waals surface area (Å²) in [5.74, 6) is 2.55. The molecule has 1 aliphatic carbocycles. The average Bonchev–Trinajstić information content (AvgIpc) is 2.39. The topological polar surface area (TPSA) is 21.3 Å². The Labute approximate surface area is 125 Å². The first-order valence-electron chi connectivity index (χ1n) is 7.28. The molecule has 0 aromatic heterocycles. The van der Waals surface area contributed by atoms with Crippen LogP contribution in [0, 0.1) is 11.8 Å². The molecule has 2 rings (SSSR count). The summed E-state index contributed by atoms with van der Waals surface area (Å²) in [6.45, 7) is 6.40. The molecule has 1 N–H and O–H groups in total. The third-order valence-electron chi connectivity index (χ3n) is 4.28. The van der Waals surface area contributed by atoms with Crippen LogP contribution in [-0.2, 0) is 0 Å². The van der Waals surface area contributed by atoms with E-state index in [2.05, 4.69) is 35.1 Å². The predicted octanol–water partition coefficient (Wildman–Crippen LogP) is 4.24. The Morgan fingerprint density at radius 2 is 2.16 bits per heavy atom. The quantitative estimate of drug-likeness (QED) is 0.817. The molecule has 0 bridgehead atoms. The van der Waals surface area contributed by atoms with Crippen molar-refractivity contribution in [2.45, 2.75) is 39.2 Å². The lowest BCUT2D eigenvalue weighted by Gasteiger charge is -2.34. The Bertz CT molecular complexity index is 396. The van der Waals surface area contributed by atoms with Gasteiger partial charge in [-0.3, -0.25) is 0 Å². The van der Waals surface area contributed by atoms with Gasteiger partial charge in [-0.1, -0.05) is 48.7 Å². The fourth-order valence-corrected chi connectivity index (χ4v) is 3.22.